The number of carboxylic acid groups (broad SMARTS) is 1. The quantitative estimate of drug-likeness (QED) is 0.806. The smallest absolute Gasteiger partial charge is 0.320 e. The first kappa shape index (κ1) is 16.7. The zero-order valence-corrected chi connectivity index (χ0v) is 15.4. The Balaban J connectivity index is 2.08. The number of rotatable bonds is 4. The Morgan fingerprint density at radius 1 is 1.39 bits per heavy atom. The van der Waals surface area contributed by atoms with E-state index in [0.717, 1.165) is 35.8 Å². The van der Waals surface area contributed by atoms with Gasteiger partial charge in [0, 0.05) is 9.35 Å². The number of piperidine rings is 1. The summed E-state index contributed by atoms with van der Waals surface area (Å²) in [5.74, 6) is -0.713. The molecule has 0 amide bonds. The third kappa shape index (κ3) is 3.52. The van der Waals surface area contributed by atoms with E-state index in [1.807, 2.05) is 18.2 Å². The van der Waals surface area contributed by atoms with Crippen molar-refractivity contribution in [2.75, 3.05) is 6.54 Å². The molecule has 1 saturated heterocycles. The number of halogens is 1. The van der Waals surface area contributed by atoms with Gasteiger partial charge in [0.15, 0.2) is 0 Å². The van der Waals surface area contributed by atoms with Crippen molar-refractivity contribution in [3.8, 4) is 0 Å². The minimum absolute atomic E-state index is 0.00863. The Morgan fingerprint density at radius 3 is 2.83 bits per heavy atom. The molecule has 1 aliphatic heterocycles. The molecule has 0 spiro atoms. The Hall–Kier alpha value is -1.17. The van der Waals surface area contributed by atoms with E-state index < -0.39 is 12.0 Å². The molecular formula is C18H20BrNO2S. The molecule has 2 unspecified atom stereocenters. The fourth-order valence-corrected chi connectivity index (χ4v) is 4.85. The summed E-state index contributed by atoms with van der Waals surface area (Å²) in [6.45, 7) is 2.90. The molecule has 122 valence electrons. The van der Waals surface area contributed by atoms with Gasteiger partial charge in [-0.05, 0) is 54.9 Å². The predicted molar refractivity (Wildman–Crippen MR) is 97.0 cm³/mol. The van der Waals surface area contributed by atoms with Crippen molar-refractivity contribution in [3.05, 3.63) is 56.2 Å². The number of hydrogen-bond donors (Lipinski definition) is 1. The third-order valence-corrected chi connectivity index (χ3v) is 6.21. The van der Waals surface area contributed by atoms with E-state index in [2.05, 4.69) is 45.3 Å². The Labute approximate surface area is 149 Å². The maximum absolute atomic E-state index is 11.8. The average molecular weight is 394 g/mol. The zero-order chi connectivity index (χ0) is 16.4. The van der Waals surface area contributed by atoms with Gasteiger partial charge in [0.1, 0.15) is 6.04 Å². The van der Waals surface area contributed by atoms with Crippen molar-refractivity contribution in [1.29, 1.82) is 0 Å². The van der Waals surface area contributed by atoms with Gasteiger partial charge in [-0.2, -0.15) is 0 Å². The highest BCUT2D eigenvalue weighted by molar-refractivity contribution is 9.10. The van der Waals surface area contributed by atoms with E-state index in [4.69, 9.17) is 0 Å². The number of carbonyl (C=O) groups is 1. The molecule has 0 aliphatic carbocycles. The molecular weight excluding hydrogens is 374 g/mol. The summed E-state index contributed by atoms with van der Waals surface area (Å²) in [5, 5.41) is 11.8. The van der Waals surface area contributed by atoms with Gasteiger partial charge in [-0.3, -0.25) is 9.69 Å². The van der Waals surface area contributed by atoms with E-state index >= 15 is 0 Å². The second-order valence-electron chi connectivity index (χ2n) is 6.04. The van der Waals surface area contributed by atoms with Crippen LogP contribution in [-0.4, -0.2) is 28.6 Å². The van der Waals surface area contributed by atoms with E-state index in [0.29, 0.717) is 0 Å². The molecule has 1 aromatic heterocycles. The van der Waals surface area contributed by atoms with Gasteiger partial charge in [-0.15, -0.1) is 11.3 Å². The Morgan fingerprint density at radius 2 is 2.17 bits per heavy atom. The molecule has 2 heterocycles. The topological polar surface area (TPSA) is 40.5 Å². The molecule has 0 bridgehead atoms. The number of benzene rings is 1. The number of nitrogens with zero attached hydrogens (tertiary/aromatic N) is 1. The molecule has 2 aromatic rings. The van der Waals surface area contributed by atoms with E-state index in [9.17, 15) is 9.90 Å². The second-order valence-corrected chi connectivity index (χ2v) is 7.84. The summed E-state index contributed by atoms with van der Waals surface area (Å²) in [6.07, 6.45) is 2.76. The number of carboxylic acids is 1. The summed E-state index contributed by atoms with van der Waals surface area (Å²) in [5.41, 5.74) is 2.37. The van der Waals surface area contributed by atoms with Gasteiger partial charge < -0.3 is 5.11 Å². The Kier molecular flexibility index (Phi) is 5.19. The molecule has 3 nitrogen and oxygen atoms in total. The highest BCUT2D eigenvalue weighted by atomic mass is 79.9. The van der Waals surface area contributed by atoms with Crippen LogP contribution < -0.4 is 0 Å². The zero-order valence-electron chi connectivity index (χ0n) is 13.0. The van der Waals surface area contributed by atoms with Crippen LogP contribution in [0.5, 0.6) is 0 Å². The lowest BCUT2D eigenvalue weighted by Gasteiger charge is -2.39. The first-order valence-electron chi connectivity index (χ1n) is 7.86. The van der Waals surface area contributed by atoms with Crippen molar-refractivity contribution < 1.29 is 9.90 Å². The van der Waals surface area contributed by atoms with Gasteiger partial charge in [0.25, 0.3) is 0 Å². The maximum Gasteiger partial charge on any atom is 0.320 e. The molecule has 3 rings (SSSR count). The summed E-state index contributed by atoms with van der Waals surface area (Å²) in [6, 6.07) is 9.90. The van der Waals surface area contributed by atoms with Crippen LogP contribution in [-0.2, 0) is 4.79 Å². The van der Waals surface area contributed by atoms with Crippen LogP contribution in [0.2, 0.25) is 0 Å². The van der Waals surface area contributed by atoms with Crippen molar-refractivity contribution in [3.63, 3.8) is 0 Å². The van der Waals surface area contributed by atoms with Crippen LogP contribution in [0.15, 0.2) is 40.2 Å². The number of thiophene rings is 1. The summed E-state index contributed by atoms with van der Waals surface area (Å²) < 4.78 is 1.03. The Bertz CT molecular complexity index is 700. The number of hydrogen-bond acceptors (Lipinski definition) is 3. The SMILES string of the molecule is Cc1csc(C(c2ccccc2Br)N2CCCCC2C(=O)O)c1. The molecule has 0 radical (unpaired) electrons. The summed E-state index contributed by atoms with van der Waals surface area (Å²) in [7, 11) is 0. The van der Waals surface area contributed by atoms with Crippen molar-refractivity contribution >= 4 is 33.2 Å². The molecule has 1 N–H and O–H groups in total. The maximum atomic E-state index is 11.8. The third-order valence-electron chi connectivity index (χ3n) is 4.38. The van der Waals surface area contributed by atoms with Crippen LogP contribution in [0.1, 0.15) is 41.3 Å². The lowest BCUT2D eigenvalue weighted by molar-refractivity contribution is -0.145. The van der Waals surface area contributed by atoms with Crippen LogP contribution in [0.4, 0.5) is 0 Å². The highest BCUT2D eigenvalue weighted by Gasteiger charge is 2.36. The van der Waals surface area contributed by atoms with Gasteiger partial charge >= 0.3 is 5.97 Å². The van der Waals surface area contributed by atoms with E-state index in [1.165, 1.54) is 10.4 Å². The first-order chi connectivity index (χ1) is 11.1. The summed E-state index contributed by atoms with van der Waals surface area (Å²) in [4.78, 5) is 15.1. The molecule has 1 aromatic carbocycles. The second kappa shape index (κ2) is 7.16. The first-order valence-corrected chi connectivity index (χ1v) is 9.53. The van der Waals surface area contributed by atoms with Crippen molar-refractivity contribution in [1.82, 2.24) is 4.90 Å². The molecule has 5 heteroatoms. The number of aryl methyl sites for hydroxylation is 1. The molecule has 2 atom stereocenters. The molecule has 1 aliphatic rings. The lowest BCUT2D eigenvalue weighted by atomic mass is 9.95. The summed E-state index contributed by atoms with van der Waals surface area (Å²) >= 11 is 5.37. The lowest BCUT2D eigenvalue weighted by Crippen LogP contribution is -2.46. The van der Waals surface area contributed by atoms with Crippen LogP contribution in [0.3, 0.4) is 0 Å². The number of aliphatic carboxylic acids is 1. The molecule has 1 fully saturated rings. The van der Waals surface area contributed by atoms with E-state index in [1.54, 1.807) is 11.3 Å². The fourth-order valence-electron chi connectivity index (χ4n) is 3.32. The van der Waals surface area contributed by atoms with Gasteiger partial charge in [-0.1, -0.05) is 40.5 Å². The largest absolute Gasteiger partial charge is 0.480 e. The van der Waals surface area contributed by atoms with Gasteiger partial charge in [-0.25, -0.2) is 0 Å². The minimum atomic E-state index is -0.713. The van der Waals surface area contributed by atoms with Crippen LogP contribution in [0.25, 0.3) is 0 Å². The normalized spacial score (nSPS) is 20.3. The predicted octanol–water partition coefficient (Wildman–Crippen LogP) is 4.85. The van der Waals surface area contributed by atoms with E-state index in [-0.39, 0.29) is 6.04 Å². The van der Waals surface area contributed by atoms with Gasteiger partial charge in [0.2, 0.25) is 0 Å². The fraction of sp³-hybridized carbons (Fsp3) is 0.389. The molecule has 0 saturated carbocycles. The minimum Gasteiger partial charge on any atom is -0.480 e. The van der Waals surface area contributed by atoms with Gasteiger partial charge in [0.05, 0.1) is 6.04 Å². The molecule has 23 heavy (non-hydrogen) atoms. The van der Waals surface area contributed by atoms with Crippen LogP contribution >= 0.6 is 27.3 Å². The standard InChI is InChI=1S/C18H20BrNO2S/c1-12-10-16(23-11-12)17(13-6-2-3-7-14(13)19)20-9-5-4-8-15(20)18(21)22/h2-3,6-7,10-11,15,17H,4-5,8-9H2,1H3,(H,21,22). The highest BCUT2D eigenvalue weighted by Crippen LogP contribution is 2.39. The van der Waals surface area contributed by atoms with Crippen molar-refractivity contribution in [2.24, 2.45) is 0 Å². The average Bonchev–Trinajstić information content (AvgIpc) is 2.96. The number of likely N-dealkylation sites (tertiary alicyclic amines) is 1. The van der Waals surface area contributed by atoms with Crippen LogP contribution in [0, 0.1) is 6.92 Å². The van der Waals surface area contributed by atoms with Crippen molar-refractivity contribution in [2.45, 2.75) is 38.3 Å². The monoisotopic (exact) mass is 393 g/mol.